The summed E-state index contributed by atoms with van der Waals surface area (Å²) < 4.78 is 119. The van der Waals surface area contributed by atoms with E-state index in [1.165, 1.54) is 23.9 Å². The molecule has 0 bridgehead atoms. The molecule has 316 valence electrons. The zero-order valence-corrected chi connectivity index (χ0v) is 33.9. The zero-order chi connectivity index (χ0) is 43.2. The van der Waals surface area contributed by atoms with Gasteiger partial charge in [-0.1, -0.05) is 11.6 Å². The molecule has 3 aromatic heterocycles. The monoisotopic (exact) mass is 875 g/mol. The Morgan fingerprint density at radius 1 is 1.05 bits per heavy atom. The first-order valence-electron chi connectivity index (χ1n) is 18.8. The number of rotatable bonds is 13. The van der Waals surface area contributed by atoms with Crippen molar-refractivity contribution >= 4 is 60.8 Å². The number of amides is 1. The van der Waals surface area contributed by atoms with Gasteiger partial charge in [0.15, 0.2) is 5.82 Å². The van der Waals surface area contributed by atoms with Crippen LogP contribution in [0.1, 0.15) is 67.0 Å². The highest BCUT2D eigenvalue weighted by atomic mass is 35.5. The molecule has 60 heavy (non-hydrogen) atoms. The number of anilines is 2. The van der Waals surface area contributed by atoms with E-state index in [9.17, 15) is 35.6 Å². The van der Waals surface area contributed by atoms with Gasteiger partial charge in [-0.2, -0.15) is 19.0 Å². The zero-order valence-electron chi connectivity index (χ0n) is 32.3. The summed E-state index contributed by atoms with van der Waals surface area (Å²) in [6.07, 6.45) is -2.71. The van der Waals surface area contributed by atoms with E-state index in [1.54, 1.807) is 18.2 Å². The van der Waals surface area contributed by atoms with E-state index in [1.807, 2.05) is 18.7 Å². The molecule has 1 saturated carbocycles. The first kappa shape index (κ1) is 41.1. The van der Waals surface area contributed by atoms with Gasteiger partial charge in [0.1, 0.15) is 35.4 Å². The number of aryl methyl sites for hydroxylation is 1. The average molecular weight is 876 g/mol. The van der Waals surface area contributed by atoms with E-state index >= 15 is 8.78 Å². The summed E-state index contributed by atoms with van der Waals surface area (Å²) >= 11 is 6.62. The summed E-state index contributed by atoms with van der Waals surface area (Å²) in [5, 5.41) is 11.0. The lowest BCUT2D eigenvalue weighted by Crippen LogP contribution is -2.38. The van der Waals surface area contributed by atoms with Crippen molar-refractivity contribution in [2.75, 3.05) is 29.0 Å². The number of fused-ring (bicyclic) bond motifs is 5. The van der Waals surface area contributed by atoms with Crippen LogP contribution in [-0.2, 0) is 40.8 Å². The molecule has 3 heterocycles. The summed E-state index contributed by atoms with van der Waals surface area (Å²) in [5.41, 5.74) is -1.58. The maximum absolute atomic E-state index is 15.5. The van der Waals surface area contributed by atoms with Gasteiger partial charge >= 0.3 is 0 Å². The third kappa shape index (κ3) is 7.11. The molecule has 1 fully saturated rings. The van der Waals surface area contributed by atoms with Gasteiger partial charge in [0.25, 0.3) is 17.9 Å². The van der Waals surface area contributed by atoms with Crippen molar-refractivity contribution in [1.29, 1.82) is 0 Å². The Bertz CT molecular complexity index is 2890. The van der Waals surface area contributed by atoms with E-state index in [0.29, 0.717) is 29.5 Å². The van der Waals surface area contributed by atoms with Crippen LogP contribution in [0.4, 0.5) is 37.8 Å². The molecule has 3 aromatic carbocycles. The van der Waals surface area contributed by atoms with E-state index in [4.69, 9.17) is 16.6 Å². The van der Waals surface area contributed by atoms with Gasteiger partial charge in [-0.05, 0) is 74.2 Å². The van der Waals surface area contributed by atoms with Gasteiger partial charge in [0.05, 0.1) is 44.8 Å². The van der Waals surface area contributed by atoms with Gasteiger partial charge < -0.3 is 10.2 Å². The van der Waals surface area contributed by atoms with Crippen molar-refractivity contribution in [2.24, 2.45) is 13.0 Å². The lowest BCUT2D eigenvalue weighted by atomic mass is 10.0. The lowest BCUT2D eigenvalue weighted by Gasteiger charge is -2.25. The Morgan fingerprint density at radius 3 is 2.40 bits per heavy atom. The molecule has 6 aromatic rings. The Hall–Kier alpha value is -5.63. The molecule has 2 N–H and O–H groups in total. The lowest BCUT2D eigenvalue weighted by molar-refractivity contribution is -0.123. The second-order valence-corrected chi connectivity index (χ2v) is 17.1. The van der Waals surface area contributed by atoms with Crippen molar-refractivity contribution in [2.45, 2.75) is 57.5 Å². The average Bonchev–Trinajstić information content (AvgIpc) is 3.70. The normalized spacial score (nSPS) is 17.3. The van der Waals surface area contributed by atoms with Gasteiger partial charge in [0, 0.05) is 49.8 Å². The maximum atomic E-state index is 15.5. The predicted molar refractivity (Wildman–Crippen MR) is 212 cm³/mol. The van der Waals surface area contributed by atoms with Crippen LogP contribution >= 0.6 is 11.6 Å². The minimum absolute atomic E-state index is 0.00542. The van der Waals surface area contributed by atoms with E-state index < -0.39 is 87.7 Å². The smallest absolute Gasteiger partial charge is 0.293 e. The Kier molecular flexibility index (Phi) is 10.2. The number of nitrogens with one attached hydrogen (secondary N) is 2. The molecule has 0 saturated heterocycles. The topological polar surface area (TPSA) is 149 Å². The first-order valence-corrected chi connectivity index (χ1v) is 21.0. The van der Waals surface area contributed by atoms with Crippen LogP contribution in [0.2, 0.25) is 5.02 Å². The molecule has 0 spiro atoms. The Morgan fingerprint density at radius 2 is 1.75 bits per heavy atom. The highest BCUT2D eigenvalue weighted by molar-refractivity contribution is 7.92. The number of carbonyl (C=O) groups excluding carboxylic acids is 1. The van der Waals surface area contributed by atoms with Crippen LogP contribution in [0.5, 0.6) is 0 Å². The third-order valence-corrected chi connectivity index (χ3v) is 11.8. The van der Waals surface area contributed by atoms with Crippen LogP contribution in [0.15, 0.2) is 53.3 Å². The minimum atomic E-state index is -3.89. The third-order valence-electron chi connectivity index (χ3n) is 10.9. The molecule has 0 radical (unpaired) electrons. The number of alkyl halides is 4. The highest BCUT2D eigenvalue weighted by Gasteiger charge is 2.67. The molecule has 2 aliphatic rings. The molecule has 0 unspecified atom stereocenters. The molecule has 21 heteroatoms. The quantitative estimate of drug-likeness (QED) is 0.120. The van der Waals surface area contributed by atoms with Gasteiger partial charge in [0.2, 0.25) is 15.9 Å². The summed E-state index contributed by atoms with van der Waals surface area (Å²) in [5.74, 6) is -8.88. The molecule has 13 nitrogen and oxygen atoms in total. The van der Waals surface area contributed by atoms with Crippen LogP contribution in [0, 0.1) is 17.6 Å². The number of carbonyl (C=O) groups is 1. The van der Waals surface area contributed by atoms with Gasteiger partial charge in [-0.3, -0.25) is 28.2 Å². The SMILES string of the molecule is CCN(CC)c1ccc2c(=O)n(-c3ccc(Cl)c4c(NS(C)(=O)=O)nn(C)c34)c([C@H](Cc3cc(F)cc(F)c3)NC(=O)Cn3nc(C(F)F)c4c3C(F)(F)[C@@H]3C[C@H]43)nc2c1. The van der Waals surface area contributed by atoms with Crippen molar-refractivity contribution in [3.63, 3.8) is 0 Å². The standard InChI is InChI=1S/C39H36ClF6N9O4S/c1-5-53(6-2)21-7-8-22-26(15-21)48-37(55(38(22)57)28-10-9-25(40)31-33(28)52(3)50-36(31)51-60(4,58)59)27(13-18-11-19(41)14-20(42)12-18)47-29(56)17-54-34-30(32(49-54)35(43)44)23-16-24(23)39(34,45)46/h7-12,14-15,23-24,27,35H,5-6,13,16-17H2,1-4H3,(H,47,56)(H,50,51)/t23-,24+,27-/m0/s1. The summed E-state index contributed by atoms with van der Waals surface area (Å²) in [4.78, 5) is 35.9. The molecule has 8 rings (SSSR count). The summed E-state index contributed by atoms with van der Waals surface area (Å²) in [6, 6.07) is 8.91. The maximum Gasteiger partial charge on any atom is 0.293 e. The Labute approximate surface area is 343 Å². The fraction of sp³-hybridized carbons (Fsp3) is 0.359. The Balaban J connectivity index is 1.34. The number of hydrogen-bond donors (Lipinski definition) is 2. The van der Waals surface area contributed by atoms with E-state index in [-0.39, 0.29) is 61.7 Å². The van der Waals surface area contributed by atoms with Crippen LogP contribution in [-0.4, -0.2) is 62.8 Å². The molecule has 3 atom stereocenters. The molecule has 2 aliphatic carbocycles. The highest BCUT2D eigenvalue weighted by Crippen LogP contribution is 2.68. The van der Waals surface area contributed by atoms with Crippen LogP contribution in [0.25, 0.3) is 27.5 Å². The van der Waals surface area contributed by atoms with Crippen molar-refractivity contribution in [3.8, 4) is 5.69 Å². The molecule has 1 amide bonds. The first-order chi connectivity index (χ1) is 28.3. The number of sulfonamides is 1. The van der Waals surface area contributed by atoms with Gasteiger partial charge in [-0.15, -0.1) is 0 Å². The van der Waals surface area contributed by atoms with Crippen molar-refractivity contribution in [1.82, 2.24) is 34.4 Å². The minimum Gasteiger partial charge on any atom is -0.372 e. The van der Waals surface area contributed by atoms with Gasteiger partial charge in [-0.25, -0.2) is 31.0 Å². The molecular formula is C39H36ClF6N9O4S. The van der Waals surface area contributed by atoms with Crippen molar-refractivity contribution in [3.05, 3.63) is 104 Å². The number of benzene rings is 3. The predicted octanol–water partition coefficient (Wildman–Crippen LogP) is 6.86. The van der Waals surface area contributed by atoms with E-state index in [0.717, 1.165) is 23.0 Å². The number of hydrogen-bond acceptors (Lipinski definition) is 8. The second-order valence-electron chi connectivity index (χ2n) is 14.9. The van der Waals surface area contributed by atoms with E-state index in [2.05, 4.69) is 20.2 Å². The second kappa shape index (κ2) is 14.8. The molecule has 0 aliphatic heterocycles. The molecular weight excluding hydrogens is 840 g/mol. The summed E-state index contributed by atoms with van der Waals surface area (Å²) in [7, 11) is -2.43. The fourth-order valence-electron chi connectivity index (χ4n) is 8.35. The fourth-order valence-corrected chi connectivity index (χ4v) is 9.09. The largest absolute Gasteiger partial charge is 0.372 e. The van der Waals surface area contributed by atoms with Crippen LogP contribution < -0.4 is 20.5 Å². The van der Waals surface area contributed by atoms with Crippen LogP contribution in [0.3, 0.4) is 0 Å². The summed E-state index contributed by atoms with van der Waals surface area (Å²) in [6.45, 7) is 4.08. The van der Waals surface area contributed by atoms with Crippen molar-refractivity contribution < 1.29 is 39.6 Å². The number of halogens is 7. The number of nitrogens with zero attached hydrogens (tertiary/aromatic N) is 7. The number of aromatic nitrogens is 6.